The highest BCUT2D eigenvalue weighted by Crippen LogP contribution is 2.28. The molecule has 2 atom stereocenters. The molecule has 1 aliphatic rings. The molecule has 2 heterocycles. The first-order valence-electron chi connectivity index (χ1n) is 7.25. The molecule has 2 aromatic rings. The number of hydrogen-bond donors (Lipinski definition) is 0. The van der Waals surface area contributed by atoms with E-state index in [2.05, 4.69) is 5.16 Å². The van der Waals surface area contributed by atoms with E-state index in [0.717, 1.165) is 17.8 Å². The van der Waals surface area contributed by atoms with Gasteiger partial charge in [0.15, 0.2) is 0 Å². The molecule has 116 valence electrons. The Morgan fingerprint density at radius 2 is 2.23 bits per heavy atom. The lowest BCUT2D eigenvalue weighted by atomic mass is 10.2. The van der Waals surface area contributed by atoms with Crippen LogP contribution in [0.2, 0.25) is 0 Å². The Morgan fingerprint density at radius 3 is 2.95 bits per heavy atom. The monoisotopic (exact) mass is 318 g/mol. The van der Waals surface area contributed by atoms with E-state index in [9.17, 15) is 9.00 Å². The number of carbonyl (C=O) groups is 1. The quantitative estimate of drug-likeness (QED) is 0.867. The van der Waals surface area contributed by atoms with Gasteiger partial charge in [-0.3, -0.25) is 9.00 Å². The van der Waals surface area contributed by atoms with Gasteiger partial charge in [0, 0.05) is 29.1 Å². The molecule has 0 radical (unpaired) electrons. The van der Waals surface area contributed by atoms with Crippen molar-refractivity contribution in [1.82, 2.24) is 5.16 Å². The van der Waals surface area contributed by atoms with E-state index in [1.807, 2.05) is 31.2 Å². The fraction of sp³-hybridized carbons (Fsp3) is 0.375. The van der Waals surface area contributed by atoms with Gasteiger partial charge in [0.2, 0.25) is 5.91 Å². The maximum absolute atomic E-state index is 12.6. The number of fused-ring (bicyclic) bond motifs is 1. The van der Waals surface area contributed by atoms with Crippen LogP contribution in [0.4, 0.5) is 5.69 Å². The van der Waals surface area contributed by atoms with Crippen LogP contribution in [0.15, 0.2) is 34.9 Å². The summed E-state index contributed by atoms with van der Waals surface area (Å²) in [4.78, 5) is 14.4. The van der Waals surface area contributed by atoms with Crippen LogP contribution < -0.4 is 4.90 Å². The number of rotatable bonds is 4. The summed E-state index contributed by atoms with van der Waals surface area (Å²) in [7, 11) is -1.33. The predicted molar refractivity (Wildman–Crippen MR) is 85.0 cm³/mol. The largest absolute Gasteiger partial charge is 0.360 e. The van der Waals surface area contributed by atoms with E-state index in [1.54, 1.807) is 17.9 Å². The van der Waals surface area contributed by atoms with Crippen LogP contribution in [0.5, 0.6) is 0 Å². The Kier molecular flexibility index (Phi) is 4.11. The van der Waals surface area contributed by atoms with E-state index >= 15 is 0 Å². The average Bonchev–Trinajstić information content (AvgIpc) is 3.12. The SMILES string of the molecule is Cc1cc(C[S@@](=O)[C@H](C)C(=O)N2CCc3ccccc32)on1. The third-order valence-electron chi connectivity index (χ3n) is 3.86. The zero-order valence-electron chi connectivity index (χ0n) is 12.6. The molecule has 0 fully saturated rings. The van der Waals surface area contributed by atoms with Crippen LogP contribution in [0.1, 0.15) is 23.9 Å². The lowest BCUT2D eigenvalue weighted by Gasteiger charge is -2.21. The van der Waals surface area contributed by atoms with Crippen LogP contribution in [0.3, 0.4) is 0 Å². The number of benzene rings is 1. The van der Waals surface area contributed by atoms with Crippen LogP contribution in [0, 0.1) is 6.92 Å². The summed E-state index contributed by atoms with van der Waals surface area (Å²) in [6, 6.07) is 9.61. The van der Waals surface area contributed by atoms with Gasteiger partial charge in [-0.15, -0.1) is 0 Å². The molecule has 6 heteroatoms. The Labute approximate surface area is 131 Å². The molecule has 1 aliphatic heterocycles. The molecule has 0 bridgehead atoms. The third kappa shape index (κ3) is 2.83. The van der Waals surface area contributed by atoms with E-state index < -0.39 is 16.0 Å². The van der Waals surface area contributed by atoms with E-state index in [1.165, 1.54) is 5.56 Å². The van der Waals surface area contributed by atoms with Crippen LogP contribution in [-0.2, 0) is 27.8 Å². The zero-order chi connectivity index (χ0) is 15.7. The number of aryl methyl sites for hydroxylation is 1. The summed E-state index contributed by atoms with van der Waals surface area (Å²) < 4.78 is 17.5. The number of amides is 1. The molecule has 0 N–H and O–H groups in total. The standard InChI is InChI=1S/C16H18N2O3S/c1-11-9-14(21-17-11)10-22(20)12(2)16(19)18-8-7-13-5-3-4-6-15(13)18/h3-6,9,12H,7-8,10H2,1-2H3/t12-,22-/m1/s1. The molecule has 0 saturated carbocycles. The highest BCUT2D eigenvalue weighted by molar-refractivity contribution is 7.85. The van der Waals surface area contributed by atoms with Crippen LogP contribution in [0.25, 0.3) is 0 Å². The maximum Gasteiger partial charge on any atom is 0.242 e. The molecule has 5 nitrogen and oxygen atoms in total. The van der Waals surface area contributed by atoms with Crippen molar-refractivity contribution in [2.24, 2.45) is 0 Å². The minimum absolute atomic E-state index is 0.0977. The highest BCUT2D eigenvalue weighted by Gasteiger charge is 2.31. The Bertz CT molecular complexity index is 726. The lowest BCUT2D eigenvalue weighted by Crippen LogP contribution is -2.39. The normalized spacial score (nSPS) is 16.4. The van der Waals surface area contributed by atoms with Crippen molar-refractivity contribution in [3.8, 4) is 0 Å². The molecule has 0 saturated heterocycles. The molecule has 1 aromatic carbocycles. The summed E-state index contributed by atoms with van der Waals surface area (Å²) in [6.45, 7) is 4.18. The van der Waals surface area contributed by atoms with Gasteiger partial charge >= 0.3 is 0 Å². The van der Waals surface area contributed by atoms with Crippen LogP contribution >= 0.6 is 0 Å². The summed E-state index contributed by atoms with van der Waals surface area (Å²) in [5.41, 5.74) is 2.85. The van der Waals surface area contributed by atoms with Crippen molar-refractivity contribution in [2.45, 2.75) is 31.3 Å². The van der Waals surface area contributed by atoms with E-state index in [-0.39, 0.29) is 11.7 Å². The molecule has 0 unspecified atom stereocenters. The van der Waals surface area contributed by atoms with Crippen molar-refractivity contribution in [1.29, 1.82) is 0 Å². The third-order valence-corrected chi connectivity index (χ3v) is 5.42. The second kappa shape index (κ2) is 6.04. The van der Waals surface area contributed by atoms with Gasteiger partial charge < -0.3 is 9.42 Å². The fourth-order valence-corrected chi connectivity index (χ4v) is 3.67. The van der Waals surface area contributed by atoms with Crippen molar-refractivity contribution >= 4 is 22.4 Å². The van der Waals surface area contributed by atoms with Crippen molar-refractivity contribution in [3.05, 3.63) is 47.3 Å². The molecule has 22 heavy (non-hydrogen) atoms. The molecule has 0 spiro atoms. The summed E-state index contributed by atoms with van der Waals surface area (Å²) >= 11 is 0. The number of hydrogen-bond acceptors (Lipinski definition) is 4. The maximum atomic E-state index is 12.6. The second-order valence-corrected chi connectivity index (χ2v) is 7.23. The zero-order valence-corrected chi connectivity index (χ0v) is 13.4. The molecule has 1 aromatic heterocycles. The van der Waals surface area contributed by atoms with Gasteiger partial charge in [0.25, 0.3) is 0 Å². The summed E-state index contributed by atoms with van der Waals surface area (Å²) in [5.74, 6) is 0.667. The smallest absolute Gasteiger partial charge is 0.242 e. The van der Waals surface area contributed by atoms with Gasteiger partial charge in [-0.05, 0) is 31.9 Å². The van der Waals surface area contributed by atoms with Crippen molar-refractivity contribution in [2.75, 3.05) is 11.4 Å². The summed E-state index contributed by atoms with van der Waals surface area (Å²) in [6.07, 6.45) is 0.850. The van der Waals surface area contributed by atoms with E-state index in [0.29, 0.717) is 12.3 Å². The van der Waals surface area contributed by atoms with Gasteiger partial charge in [-0.1, -0.05) is 23.4 Å². The average molecular weight is 318 g/mol. The van der Waals surface area contributed by atoms with Gasteiger partial charge in [0.1, 0.15) is 11.0 Å². The number of para-hydroxylation sites is 1. The molecule has 3 rings (SSSR count). The van der Waals surface area contributed by atoms with E-state index in [4.69, 9.17) is 4.52 Å². The molecule has 0 aliphatic carbocycles. The molecular formula is C16H18N2O3S. The minimum atomic E-state index is -1.33. The Balaban J connectivity index is 1.71. The van der Waals surface area contributed by atoms with Gasteiger partial charge in [0.05, 0.1) is 11.4 Å². The Morgan fingerprint density at radius 1 is 1.45 bits per heavy atom. The predicted octanol–water partition coefficient (Wildman–Crippen LogP) is 2.21. The van der Waals surface area contributed by atoms with Crippen molar-refractivity contribution in [3.63, 3.8) is 0 Å². The highest BCUT2D eigenvalue weighted by atomic mass is 32.2. The molecule has 1 amide bonds. The van der Waals surface area contributed by atoms with Crippen molar-refractivity contribution < 1.29 is 13.5 Å². The Hall–Kier alpha value is -1.95. The first-order valence-corrected chi connectivity index (χ1v) is 8.63. The van der Waals surface area contributed by atoms with Crippen LogP contribution in [-0.4, -0.2) is 27.1 Å². The second-order valence-electron chi connectivity index (χ2n) is 5.47. The number of nitrogens with zero attached hydrogens (tertiary/aromatic N) is 2. The first-order chi connectivity index (χ1) is 10.6. The van der Waals surface area contributed by atoms with Gasteiger partial charge in [-0.25, -0.2) is 0 Å². The first kappa shape index (κ1) is 15.0. The number of anilines is 1. The topological polar surface area (TPSA) is 63.4 Å². The fourth-order valence-electron chi connectivity index (χ4n) is 2.65. The summed E-state index contributed by atoms with van der Waals surface area (Å²) in [5, 5.41) is 3.20. The number of carbonyl (C=O) groups excluding carboxylic acids is 1. The van der Waals surface area contributed by atoms with Gasteiger partial charge in [-0.2, -0.15) is 0 Å². The molecular weight excluding hydrogens is 300 g/mol. The minimum Gasteiger partial charge on any atom is -0.360 e. The lowest BCUT2D eigenvalue weighted by molar-refractivity contribution is -0.117. The number of aromatic nitrogens is 1.